The number of rotatable bonds is 27. The molecule has 0 aliphatic rings. The van der Waals surface area contributed by atoms with Gasteiger partial charge in [0.15, 0.2) is 0 Å². The summed E-state index contributed by atoms with van der Waals surface area (Å²) in [5, 5.41) is 0. The minimum atomic E-state index is 0.353. The SMILES string of the molecule is CCCCCCCCCCCCCCCC(=O)N(CCCN(CC)CC)C(C)CCCN(CC)CC. The van der Waals surface area contributed by atoms with Crippen LogP contribution in [0.25, 0.3) is 0 Å². The lowest BCUT2D eigenvalue weighted by Gasteiger charge is -2.31. The van der Waals surface area contributed by atoms with E-state index in [4.69, 9.17) is 0 Å². The van der Waals surface area contributed by atoms with E-state index in [1.54, 1.807) is 0 Å². The van der Waals surface area contributed by atoms with Crippen molar-refractivity contribution in [3.8, 4) is 0 Å². The van der Waals surface area contributed by atoms with Gasteiger partial charge in [-0.1, -0.05) is 112 Å². The van der Waals surface area contributed by atoms with Crippen LogP contribution in [0.3, 0.4) is 0 Å². The van der Waals surface area contributed by atoms with Crippen LogP contribution >= 0.6 is 0 Å². The average Bonchev–Trinajstić information content (AvgIpc) is 2.89. The molecular formula is C32H67N3O. The summed E-state index contributed by atoms with van der Waals surface area (Å²) >= 11 is 0. The number of unbranched alkanes of at least 4 members (excludes halogenated alkanes) is 12. The van der Waals surface area contributed by atoms with Crippen LogP contribution in [0.2, 0.25) is 0 Å². The summed E-state index contributed by atoms with van der Waals surface area (Å²) in [6.07, 6.45) is 21.7. The van der Waals surface area contributed by atoms with E-state index >= 15 is 0 Å². The molecule has 0 aromatic rings. The molecular weight excluding hydrogens is 442 g/mol. The predicted molar refractivity (Wildman–Crippen MR) is 161 cm³/mol. The van der Waals surface area contributed by atoms with E-state index in [2.05, 4.69) is 56.2 Å². The van der Waals surface area contributed by atoms with Crippen molar-refractivity contribution in [2.24, 2.45) is 0 Å². The maximum Gasteiger partial charge on any atom is 0.222 e. The maximum absolute atomic E-state index is 13.2. The summed E-state index contributed by atoms with van der Waals surface area (Å²) in [5.41, 5.74) is 0. The van der Waals surface area contributed by atoms with Gasteiger partial charge in [0.1, 0.15) is 0 Å². The lowest BCUT2D eigenvalue weighted by atomic mass is 10.0. The quantitative estimate of drug-likeness (QED) is 0.104. The molecule has 1 unspecified atom stereocenters. The molecule has 1 amide bonds. The maximum atomic E-state index is 13.2. The summed E-state index contributed by atoms with van der Waals surface area (Å²) in [6.45, 7) is 21.1. The van der Waals surface area contributed by atoms with Crippen molar-refractivity contribution in [2.45, 2.75) is 157 Å². The van der Waals surface area contributed by atoms with Crippen LogP contribution in [0.4, 0.5) is 0 Å². The van der Waals surface area contributed by atoms with E-state index in [-0.39, 0.29) is 0 Å². The summed E-state index contributed by atoms with van der Waals surface area (Å²) < 4.78 is 0. The van der Waals surface area contributed by atoms with Gasteiger partial charge in [-0.05, 0) is 71.9 Å². The second-order valence-corrected chi connectivity index (χ2v) is 11.0. The molecule has 0 heterocycles. The van der Waals surface area contributed by atoms with Crippen LogP contribution in [0.1, 0.15) is 151 Å². The Morgan fingerprint density at radius 1 is 0.528 bits per heavy atom. The van der Waals surface area contributed by atoms with E-state index < -0.39 is 0 Å². The second kappa shape index (κ2) is 26.0. The van der Waals surface area contributed by atoms with Gasteiger partial charge in [0.05, 0.1) is 0 Å². The third kappa shape index (κ3) is 19.5. The third-order valence-corrected chi connectivity index (χ3v) is 8.11. The van der Waals surface area contributed by atoms with Crippen LogP contribution in [0, 0.1) is 0 Å². The fourth-order valence-electron chi connectivity index (χ4n) is 5.34. The summed E-state index contributed by atoms with van der Waals surface area (Å²) in [4.78, 5) is 20.4. The van der Waals surface area contributed by atoms with Crippen LogP contribution in [0.5, 0.6) is 0 Å². The Labute approximate surface area is 227 Å². The second-order valence-electron chi connectivity index (χ2n) is 11.0. The fraction of sp³-hybridized carbons (Fsp3) is 0.969. The van der Waals surface area contributed by atoms with Gasteiger partial charge in [-0.15, -0.1) is 0 Å². The number of amides is 1. The van der Waals surface area contributed by atoms with E-state index in [0.29, 0.717) is 11.9 Å². The van der Waals surface area contributed by atoms with Crippen LogP contribution in [-0.2, 0) is 4.79 Å². The van der Waals surface area contributed by atoms with Crippen molar-refractivity contribution in [3.63, 3.8) is 0 Å². The number of nitrogens with zero attached hydrogens (tertiary/aromatic N) is 3. The molecule has 0 aliphatic heterocycles. The molecule has 0 aromatic heterocycles. The molecule has 1 atom stereocenters. The Kier molecular flexibility index (Phi) is 25.6. The zero-order valence-electron chi connectivity index (χ0n) is 25.8. The normalized spacial score (nSPS) is 12.6. The first-order chi connectivity index (χ1) is 17.5. The highest BCUT2D eigenvalue weighted by atomic mass is 16.2. The zero-order chi connectivity index (χ0) is 26.9. The topological polar surface area (TPSA) is 26.8 Å². The van der Waals surface area contributed by atoms with Gasteiger partial charge in [0.2, 0.25) is 5.91 Å². The summed E-state index contributed by atoms with van der Waals surface area (Å²) in [6, 6.07) is 0.353. The number of carbonyl (C=O) groups excluding carboxylic acids is 1. The first-order valence-electron chi connectivity index (χ1n) is 16.3. The van der Waals surface area contributed by atoms with Crippen LogP contribution in [-0.4, -0.2) is 72.5 Å². The molecule has 0 bridgehead atoms. The molecule has 0 aliphatic carbocycles. The van der Waals surface area contributed by atoms with E-state index in [1.807, 2.05) is 0 Å². The van der Waals surface area contributed by atoms with Crippen LogP contribution in [0.15, 0.2) is 0 Å². The molecule has 4 nitrogen and oxygen atoms in total. The molecule has 0 radical (unpaired) electrons. The summed E-state index contributed by atoms with van der Waals surface area (Å²) in [7, 11) is 0. The lowest BCUT2D eigenvalue weighted by Crippen LogP contribution is -2.41. The molecule has 0 saturated carbocycles. The van der Waals surface area contributed by atoms with E-state index in [9.17, 15) is 4.79 Å². The van der Waals surface area contributed by atoms with Gasteiger partial charge in [0.25, 0.3) is 0 Å². The van der Waals surface area contributed by atoms with Gasteiger partial charge >= 0.3 is 0 Å². The Morgan fingerprint density at radius 2 is 0.944 bits per heavy atom. The van der Waals surface area contributed by atoms with Gasteiger partial charge in [-0.2, -0.15) is 0 Å². The standard InChI is InChI=1S/C32H67N3O/c1-7-12-13-14-15-16-17-18-19-20-21-22-23-27-32(36)35(30-25-29-34(10-4)11-5)31(6)26-24-28-33(8-2)9-3/h31H,7-30H2,1-6H3. The van der Waals surface area contributed by atoms with Crippen LogP contribution < -0.4 is 0 Å². The largest absolute Gasteiger partial charge is 0.340 e. The molecule has 36 heavy (non-hydrogen) atoms. The number of hydrogen-bond acceptors (Lipinski definition) is 3. The molecule has 0 aromatic carbocycles. The summed E-state index contributed by atoms with van der Waals surface area (Å²) in [5.74, 6) is 0.396. The Hall–Kier alpha value is -0.610. The van der Waals surface area contributed by atoms with Crippen molar-refractivity contribution in [1.82, 2.24) is 14.7 Å². The first-order valence-corrected chi connectivity index (χ1v) is 16.3. The predicted octanol–water partition coefficient (Wildman–Crippen LogP) is 8.54. The molecule has 0 spiro atoms. The first kappa shape index (κ1) is 35.4. The lowest BCUT2D eigenvalue weighted by molar-refractivity contribution is -0.133. The molecule has 0 fully saturated rings. The Balaban J connectivity index is 4.23. The zero-order valence-corrected chi connectivity index (χ0v) is 25.8. The smallest absolute Gasteiger partial charge is 0.222 e. The highest BCUT2D eigenvalue weighted by Crippen LogP contribution is 2.15. The van der Waals surface area contributed by atoms with E-state index in [1.165, 1.54) is 83.5 Å². The van der Waals surface area contributed by atoms with Crippen molar-refractivity contribution < 1.29 is 4.79 Å². The molecule has 4 heteroatoms. The van der Waals surface area contributed by atoms with Crippen molar-refractivity contribution in [1.29, 1.82) is 0 Å². The van der Waals surface area contributed by atoms with Gasteiger partial charge in [0, 0.05) is 19.0 Å². The highest BCUT2D eigenvalue weighted by molar-refractivity contribution is 5.76. The Morgan fingerprint density at radius 3 is 1.39 bits per heavy atom. The van der Waals surface area contributed by atoms with E-state index in [0.717, 1.165) is 71.5 Å². The highest BCUT2D eigenvalue weighted by Gasteiger charge is 2.19. The number of carbonyl (C=O) groups is 1. The Bertz CT molecular complexity index is 462. The fourth-order valence-corrected chi connectivity index (χ4v) is 5.34. The van der Waals surface area contributed by atoms with Crippen molar-refractivity contribution in [3.05, 3.63) is 0 Å². The molecule has 216 valence electrons. The average molecular weight is 510 g/mol. The van der Waals surface area contributed by atoms with Gasteiger partial charge < -0.3 is 14.7 Å². The van der Waals surface area contributed by atoms with Crippen molar-refractivity contribution in [2.75, 3.05) is 45.8 Å². The number of hydrogen-bond donors (Lipinski definition) is 0. The molecule has 0 N–H and O–H groups in total. The van der Waals surface area contributed by atoms with Gasteiger partial charge in [-0.3, -0.25) is 4.79 Å². The molecule has 0 saturated heterocycles. The van der Waals surface area contributed by atoms with Gasteiger partial charge in [-0.25, -0.2) is 0 Å². The van der Waals surface area contributed by atoms with Crippen molar-refractivity contribution >= 4 is 5.91 Å². The minimum Gasteiger partial charge on any atom is -0.340 e. The molecule has 0 rings (SSSR count). The monoisotopic (exact) mass is 510 g/mol. The minimum absolute atomic E-state index is 0.353. The third-order valence-electron chi connectivity index (χ3n) is 8.11.